The first-order valence-corrected chi connectivity index (χ1v) is 5.75. The van der Waals surface area contributed by atoms with Gasteiger partial charge in [-0.2, -0.15) is 0 Å². The summed E-state index contributed by atoms with van der Waals surface area (Å²) in [6.07, 6.45) is 2.30. The summed E-state index contributed by atoms with van der Waals surface area (Å²) in [7, 11) is 0. The van der Waals surface area contributed by atoms with Gasteiger partial charge in [-0.1, -0.05) is 27.2 Å². The highest BCUT2D eigenvalue weighted by molar-refractivity contribution is 5.85. The summed E-state index contributed by atoms with van der Waals surface area (Å²) >= 11 is 0. The Balaban J connectivity index is 2.42. The van der Waals surface area contributed by atoms with Crippen LogP contribution in [0.3, 0.4) is 0 Å². The first kappa shape index (κ1) is 13.0. The van der Waals surface area contributed by atoms with Gasteiger partial charge in [-0.3, -0.25) is 9.59 Å². The third-order valence-corrected chi connectivity index (χ3v) is 3.08. The van der Waals surface area contributed by atoms with Crippen molar-refractivity contribution in [3.8, 4) is 0 Å². The molecular formula is C12H21NO3. The van der Waals surface area contributed by atoms with E-state index in [0.717, 1.165) is 6.42 Å². The van der Waals surface area contributed by atoms with Gasteiger partial charge in [-0.05, 0) is 18.3 Å². The van der Waals surface area contributed by atoms with E-state index in [1.54, 1.807) is 0 Å². The molecule has 0 atom stereocenters. The molecule has 0 radical (unpaired) electrons. The van der Waals surface area contributed by atoms with Crippen molar-refractivity contribution < 1.29 is 14.7 Å². The highest BCUT2D eigenvalue weighted by atomic mass is 16.4. The summed E-state index contributed by atoms with van der Waals surface area (Å²) in [6, 6.07) is 0. The first-order valence-electron chi connectivity index (χ1n) is 5.75. The lowest BCUT2D eigenvalue weighted by Crippen LogP contribution is -2.43. The maximum absolute atomic E-state index is 11.6. The number of hydrogen-bond acceptors (Lipinski definition) is 2. The summed E-state index contributed by atoms with van der Waals surface area (Å²) in [6.45, 7) is 6.68. The van der Waals surface area contributed by atoms with E-state index < -0.39 is 11.4 Å². The zero-order chi connectivity index (χ0) is 12.4. The topological polar surface area (TPSA) is 66.4 Å². The molecule has 1 fully saturated rings. The van der Waals surface area contributed by atoms with Crippen LogP contribution in [0.2, 0.25) is 0 Å². The van der Waals surface area contributed by atoms with E-state index >= 15 is 0 Å². The van der Waals surface area contributed by atoms with Crippen LogP contribution in [0.15, 0.2) is 0 Å². The molecule has 92 valence electrons. The van der Waals surface area contributed by atoms with Crippen molar-refractivity contribution >= 4 is 11.9 Å². The Kier molecular flexibility index (Phi) is 3.61. The van der Waals surface area contributed by atoms with E-state index in [1.165, 1.54) is 0 Å². The van der Waals surface area contributed by atoms with Crippen molar-refractivity contribution in [2.75, 3.05) is 6.54 Å². The molecule has 0 aromatic rings. The van der Waals surface area contributed by atoms with Gasteiger partial charge in [0.2, 0.25) is 5.91 Å². The molecule has 2 N–H and O–H groups in total. The Morgan fingerprint density at radius 1 is 1.31 bits per heavy atom. The Labute approximate surface area is 96.4 Å². The fraction of sp³-hybridized carbons (Fsp3) is 0.833. The lowest BCUT2D eigenvalue weighted by molar-refractivity contribution is -0.157. The molecule has 0 bridgehead atoms. The van der Waals surface area contributed by atoms with E-state index in [2.05, 4.69) is 5.32 Å². The number of aliphatic carboxylic acids is 1. The maximum atomic E-state index is 11.6. The molecule has 1 saturated carbocycles. The van der Waals surface area contributed by atoms with E-state index in [-0.39, 0.29) is 17.7 Å². The third-order valence-electron chi connectivity index (χ3n) is 3.08. The summed E-state index contributed by atoms with van der Waals surface area (Å²) in [5, 5.41) is 11.9. The summed E-state index contributed by atoms with van der Waals surface area (Å²) in [5.74, 6) is -0.971. The zero-order valence-electron chi connectivity index (χ0n) is 10.3. The minimum Gasteiger partial charge on any atom is -0.481 e. The lowest BCUT2D eigenvalue weighted by Gasteiger charge is -2.37. The Bertz CT molecular complexity index is 287. The smallest absolute Gasteiger partial charge is 0.310 e. The zero-order valence-corrected chi connectivity index (χ0v) is 10.3. The van der Waals surface area contributed by atoms with E-state index in [4.69, 9.17) is 5.11 Å². The number of carboxylic acid groups (broad SMARTS) is 1. The van der Waals surface area contributed by atoms with Gasteiger partial charge in [-0.15, -0.1) is 0 Å². The van der Waals surface area contributed by atoms with Crippen LogP contribution in [0, 0.1) is 10.8 Å². The molecular weight excluding hydrogens is 206 g/mol. The molecule has 1 amide bonds. The van der Waals surface area contributed by atoms with Crippen molar-refractivity contribution in [2.45, 2.75) is 46.5 Å². The molecule has 0 aromatic heterocycles. The fourth-order valence-electron chi connectivity index (χ4n) is 1.80. The van der Waals surface area contributed by atoms with Gasteiger partial charge in [0, 0.05) is 13.0 Å². The second-order valence-electron chi connectivity index (χ2n) is 5.95. The largest absolute Gasteiger partial charge is 0.481 e. The van der Waals surface area contributed by atoms with Crippen LogP contribution in [-0.4, -0.2) is 23.5 Å². The molecule has 0 unspecified atom stereocenters. The number of rotatable bonds is 4. The highest BCUT2D eigenvalue weighted by Gasteiger charge is 2.45. The number of carboxylic acids is 1. The predicted octanol–water partition coefficient (Wildman–Crippen LogP) is 1.79. The summed E-state index contributed by atoms with van der Waals surface area (Å²) in [5.41, 5.74) is -0.742. The molecule has 0 spiro atoms. The minimum absolute atomic E-state index is 0.0334. The number of hydrogen-bond donors (Lipinski definition) is 2. The molecule has 1 rings (SSSR count). The van der Waals surface area contributed by atoms with Crippen molar-refractivity contribution in [3.05, 3.63) is 0 Å². The normalized spacial score (nSPS) is 18.7. The quantitative estimate of drug-likeness (QED) is 0.769. The van der Waals surface area contributed by atoms with Gasteiger partial charge in [-0.25, -0.2) is 0 Å². The third kappa shape index (κ3) is 3.22. The van der Waals surface area contributed by atoms with E-state index in [9.17, 15) is 9.59 Å². The number of amides is 1. The predicted molar refractivity (Wildman–Crippen MR) is 61.0 cm³/mol. The number of carbonyl (C=O) groups excluding carboxylic acids is 1. The number of carbonyl (C=O) groups is 2. The van der Waals surface area contributed by atoms with Crippen molar-refractivity contribution in [1.82, 2.24) is 5.32 Å². The van der Waals surface area contributed by atoms with Crippen molar-refractivity contribution in [3.63, 3.8) is 0 Å². The second kappa shape index (κ2) is 4.44. The van der Waals surface area contributed by atoms with Crippen LogP contribution in [0.25, 0.3) is 0 Å². The Morgan fingerprint density at radius 2 is 1.88 bits per heavy atom. The van der Waals surface area contributed by atoms with Gasteiger partial charge in [0.05, 0.1) is 5.41 Å². The number of nitrogens with one attached hydrogen (secondary N) is 1. The average molecular weight is 227 g/mol. The van der Waals surface area contributed by atoms with Gasteiger partial charge >= 0.3 is 5.97 Å². The molecule has 0 aliphatic heterocycles. The first-order chi connectivity index (χ1) is 7.25. The van der Waals surface area contributed by atoms with Gasteiger partial charge < -0.3 is 10.4 Å². The summed E-state index contributed by atoms with van der Waals surface area (Å²) in [4.78, 5) is 22.7. The minimum atomic E-state index is -0.829. The Hall–Kier alpha value is -1.06. The summed E-state index contributed by atoms with van der Waals surface area (Å²) < 4.78 is 0. The van der Waals surface area contributed by atoms with E-state index in [1.807, 2.05) is 20.8 Å². The van der Waals surface area contributed by atoms with Crippen molar-refractivity contribution in [2.24, 2.45) is 10.8 Å². The molecule has 1 aliphatic carbocycles. The van der Waals surface area contributed by atoms with Crippen LogP contribution in [0.5, 0.6) is 0 Å². The van der Waals surface area contributed by atoms with Crippen LogP contribution in [0.4, 0.5) is 0 Å². The lowest BCUT2D eigenvalue weighted by atomic mass is 9.66. The average Bonchev–Trinajstić information content (AvgIpc) is 2.06. The molecule has 0 aromatic carbocycles. The monoisotopic (exact) mass is 227 g/mol. The molecule has 1 aliphatic rings. The van der Waals surface area contributed by atoms with Crippen LogP contribution in [0.1, 0.15) is 46.5 Å². The molecule has 4 nitrogen and oxygen atoms in total. The van der Waals surface area contributed by atoms with Gasteiger partial charge in [0.25, 0.3) is 0 Å². The molecule has 4 heteroatoms. The van der Waals surface area contributed by atoms with E-state index in [0.29, 0.717) is 19.4 Å². The Morgan fingerprint density at radius 3 is 2.19 bits per heavy atom. The SMILES string of the molecule is CC(C)(C)CNC(=O)CC1(C(=O)O)CCC1. The van der Waals surface area contributed by atoms with Crippen molar-refractivity contribution in [1.29, 1.82) is 0 Å². The van der Waals surface area contributed by atoms with Gasteiger partial charge in [0.1, 0.15) is 0 Å². The standard InChI is InChI=1S/C12H21NO3/c1-11(2,3)8-13-9(14)7-12(10(15)16)5-4-6-12/h4-8H2,1-3H3,(H,13,14)(H,15,16). The molecule has 0 heterocycles. The fourth-order valence-corrected chi connectivity index (χ4v) is 1.80. The maximum Gasteiger partial charge on any atom is 0.310 e. The van der Waals surface area contributed by atoms with Crippen LogP contribution >= 0.6 is 0 Å². The molecule has 0 saturated heterocycles. The molecule has 16 heavy (non-hydrogen) atoms. The second-order valence-corrected chi connectivity index (χ2v) is 5.95. The van der Waals surface area contributed by atoms with Crippen LogP contribution in [-0.2, 0) is 9.59 Å². The highest BCUT2D eigenvalue weighted by Crippen LogP contribution is 2.44. The van der Waals surface area contributed by atoms with Gasteiger partial charge in [0.15, 0.2) is 0 Å². The van der Waals surface area contributed by atoms with Crippen LogP contribution < -0.4 is 5.32 Å².